The van der Waals surface area contributed by atoms with Gasteiger partial charge in [0.1, 0.15) is 5.75 Å². The minimum absolute atomic E-state index is 0.169. The van der Waals surface area contributed by atoms with Gasteiger partial charge in [-0.25, -0.2) is 0 Å². The predicted molar refractivity (Wildman–Crippen MR) is 109 cm³/mol. The van der Waals surface area contributed by atoms with Crippen LogP contribution in [0.15, 0.2) is 30.3 Å². The van der Waals surface area contributed by atoms with Gasteiger partial charge in [-0.15, -0.1) is 0 Å². The van der Waals surface area contributed by atoms with Gasteiger partial charge >= 0.3 is 0 Å². The van der Waals surface area contributed by atoms with Crippen molar-refractivity contribution in [2.45, 2.75) is 48.0 Å². The van der Waals surface area contributed by atoms with E-state index in [4.69, 9.17) is 9.47 Å². The van der Waals surface area contributed by atoms with Gasteiger partial charge in [-0.3, -0.25) is 0 Å². The lowest BCUT2D eigenvalue weighted by Gasteiger charge is -2.37. The summed E-state index contributed by atoms with van der Waals surface area (Å²) in [5.74, 6) is 1.63. The van der Waals surface area contributed by atoms with Gasteiger partial charge < -0.3 is 9.47 Å². The Labute approximate surface area is 158 Å². The van der Waals surface area contributed by atoms with Crippen LogP contribution >= 0.6 is 0 Å². The number of hydrogen-bond donors (Lipinski definition) is 0. The van der Waals surface area contributed by atoms with Crippen molar-refractivity contribution in [3.8, 4) is 16.9 Å². The normalized spacial score (nSPS) is 15.8. The molecule has 0 unspecified atom stereocenters. The van der Waals surface area contributed by atoms with Crippen molar-refractivity contribution >= 4 is 0 Å². The highest BCUT2D eigenvalue weighted by Crippen LogP contribution is 2.35. The fourth-order valence-corrected chi connectivity index (χ4v) is 3.84. The highest BCUT2D eigenvalue weighted by atomic mass is 16.5. The molecule has 1 fully saturated rings. The van der Waals surface area contributed by atoms with Crippen LogP contribution in [0.5, 0.6) is 5.75 Å². The van der Waals surface area contributed by atoms with Crippen molar-refractivity contribution in [1.82, 2.24) is 0 Å². The van der Waals surface area contributed by atoms with Crippen molar-refractivity contribution in [1.29, 1.82) is 0 Å². The lowest BCUT2D eigenvalue weighted by atomic mass is 9.88. The molecule has 2 heteroatoms. The molecule has 0 amide bonds. The van der Waals surface area contributed by atoms with Gasteiger partial charge in [0, 0.05) is 5.41 Å². The molecule has 0 radical (unpaired) electrons. The second-order valence-corrected chi connectivity index (χ2v) is 8.71. The third-order valence-corrected chi connectivity index (χ3v) is 5.34. The third kappa shape index (κ3) is 3.96. The van der Waals surface area contributed by atoms with Crippen molar-refractivity contribution in [3.05, 3.63) is 52.6 Å². The molecule has 2 aromatic rings. The Morgan fingerprint density at radius 3 is 2.27 bits per heavy atom. The zero-order valence-electron chi connectivity index (χ0n) is 17.1. The summed E-state index contributed by atoms with van der Waals surface area (Å²) < 4.78 is 11.4. The van der Waals surface area contributed by atoms with E-state index < -0.39 is 0 Å². The summed E-state index contributed by atoms with van der Waals surface area (Å²) in [4.78, 5) is 0. The first-order chi connectivity index (χ1) is 12.3. The van der Waals surface area contributed by atoms with Gasteiger partial charge in [-0.1, -0.05) is 39.0 Å². The Morgan fingerprint density at radius 2 is 1.73 bits per heavy atom. The van der Waals surface area contributed by atoms with Crippen molar-refractivity contribution in [2.24, 2.45) is 11.3 Å². The van der Waals surface area contributed by atoms with Crippen LogP contribution in [0.4, 0.5) is 0 Å². The minimum atomic E-state index is 0.169. The van der Waals surface area contributed by atoms with Crippen LogP contribution in [0.3, 0.4) is 0 Å². The molecule has 0 N–H and O–H groups in total. The summed E-state index contributed by atoms with van der Waals surface area (Å²) in [5, 5.41) is 0. The summed E-state index contributed by atoms with van der Waals surface area (Å²) in [6.45, 7) is 15.7. The molecule has 0 spiro atoms. The fraction of sp³-hybridized carbons (Fsp3) is 0.500. The zero-order valence-corrected chi connectivity index (χ0v) is 17.1. The minimum Gasteiger partial charge on any atom is -0.493 e. The molecule has 1 aliphatic rings. The molecule has 1 heterocycles. The summed E-state index contributed by atoms with van der Waals surface area (Å²) in [5.41, 5.74) is 8.28. The van der Waals surface area contributed by atoms with Crippen LogP contribution in [-0.4, -0.2) is 19.8 Å². The highest BCUT2D eigenvalue weighted by molar-refractivity contribution is 5.75. The Morgan fingerprint density at radius 1 is 1.08 bits per heavy atom. The van der Waals surface area contributed by atoms with Crippen LogP contribution in [0.25, 0.3) is 11.1 Å². The first kappa shape index (κ1) is 19.0. The van der Waals surface area contributed by atoms with Gasteiger partial charge in [0.15, 0.2) is 0 Å². The molecule has 140 valence electrons. The monoisotopic (exact) mass is 352 g/mol. The van der Waals surface area contributed by atoms with Crippen molar-refractivity contribution in [3.63, 3.8) is 0 Å². The first-order valence-corrected chi connectivity index (χ1v) is 9.70. The molecular formula is C24H32O2. The average molecular weight is 353 g/mol. The molecular weight excluding hydrogens is 320 g/mol. The molecule has 1 saturated heterocycles. The lowest BCUT2D eigenvalue weighted by Crippen LogP contribution is -2.44. The van der Waals surface area contributed by atoms with Crippen LogP contribution in [0, 0.1) is 32.1 Å². The summed E-state index contributed by atoms with van der Waals surface area (Å²) >= 11 is 0. The molecule has 2 nitrogen and oxygen atoms in total. The SMILES string of the molecule is Cc1cc(OCC2(C)COC2)cc(C)c1-c1cccc(CC(C)C)c1C. The molecule has 2 aromatic carbocycles. The number of hydrogen-bond acceptors (Lipinski definition) is 2. The quantitative estimate of drug-likeness (QED) is 0.645. The van der Waals surface area contributed by atoms with Crippen LogP contribution < -0.4 is 4.74 Å². The van der Waals surface area contributed by atoms with E-state index in [1.807, 2.05) is 0 Å². The van der Waals surface area contributed by atoms with Crippen molar-refractivity contribution < 1.29 is 9.47 Å². The Bertz CT molecular complexity index is 762. The van der Waals surface area contributed by atoms with E-state index in [1.165, 1.54) is 33.4 Å². The maximum absolute atomic E-state index is 6.09. The maximum Gasteiger partial charge on any atom is 0.119 e. The van der Waals surface area contributed by atoms with E-state index in [0.717, 1.165) is 25.4 Å². The van der Waals surface area contributed by atoms with Crippen LogP contribution in [0.2, 0.25) is 0 Å². The standard InChI is InChI=1S/C24H32O2/c1-16(2)10-20-8-7-9-22(19(20)5)23-17(3)11-21(12-18(23)4)26-15-24(6)13-25-14-24/h7-9,11-12,16H,10,13-15H2,1-6H3. The number of rotatable bonds is 6. The second-order valence-electron chi connectivity index (χ2n) is 8.71. The number of benzene rings is 2. The molecule has 26 heavy (non-hydrogen) atoms. The number of ether oxygens (including phenoxy) is 2. The van der Waals surface area contributed by atoms with Crippen LogP contribution in [0.1, 0.15) is 43.0 Å². The van der Waals surface area contributed by atoms with E-state index in [-0.39, 0.29) is 5.41 Å². The Hall–Kier alpha value is -1.80. The molecule has 0 saturated carbocycles. The molecule has 0 bridgehead atoms. The van der Waals surface area contributed by atoms with Gasteiger partial charge in [0.05, 0.1) is 19.8 Å². The van der Waals surface area contributed by atoms with Gasteiger partial charge in [0.2, 0.25) is 0 Å². The third-order valence-electron chi connectivity index (χ3n) is 5.34. The Balaban J connectivity index is 1.89. The smallest absolute Gasteiger partial charge is 0.119 e. The van der Waals surface area contributed by atoms with Gasteiger partial charge in [-0.05, 0) is 78.6 Å². The molecule has 1 aliphatic heterocycles. The number of aryl methyl sites for hydroxylation is 2. The average Bonchev–Trinajstić information content (AvgIpc) is 2.53. The largest absolute Gasteiger partial charge is 0.493 e. The van der Waals surface area contributed by atoms with E-state index in [0.29, 0.717) is 12.5 Å². The summed E-state index contributed by atoms with van der Waals surface area (Å²) in [6, 6.07) is 11.1. The van der Waals surface area contributed by atoms with E-state index in [9.17, 15) is 0 Å². The molecule has 3 rings (SSSR count). The van der Waals surface area contributed by atoms with E-state index in [1.54, 1.807) is 0 Å². The molecule has 0 aliphatic carbocycles. The van der Waals surface area contributed by atoms with Crippen molar-refractivity contribution in [2.75, 3.05) is 19.8 Å². The van der Waals surface area contributed by atoms with Crippen LogP contribution in [-0.2, 0) is 11.2 Å². The maximum atomic E-state index is 6.09. The summed E-state index contributed by atoms with van der Waals surface area (Å²) in [6.07, 6.45) is 1.12. The van der Waals surface area contributed by atoms with Gasteiger partial charge in [-0.2, -0.15) is 0 Å². The predicted octanol–water partition coefficient (Wildman–Crippen LogP) is 5.89. The zero-order chi connectivity index (χ0) is 18.9. The second kappa shape index (κ2) is 7.44. The van der Waals surface area contributed by atoms with Gasteiger partial charge in [0.25, 0.3) is 0 Å². The summed E-state index contributed by atoms with van der Waals surface area (Å²) in [7, 11) is 0. The first-order valence-electron chi connectivity index (χ1n) is 9.70. The van der Waals surface area contributed by atoms with E-state index >= 15 is 0 Å². The topological polar surface area (TPSA) is 18.5 Å². The molecule has 0 aromatic heterocycles. The fourth-order valence-electron chi connectivity index (χ4n) is 3.84. The lowest BCUT2D eigenvalue weighted by molar-refractivity contribution is -0.120. The Kier molecular flexibility index (Phi) is 5.43. The molecule has 0 atom stereocenters. The highest BCUT2D eigenvalue weighted by Gasteiger charge is 2.34. The van der Waals surface area contributed by atoms with E-state index in [2.05, 4.69) is 71.9 Å².